The van der Waals surface area contributed by atoms with Crippen LogP contribution >= 0.6 is 23.1 Å². The summed E-state index contributed by atoms with van der Waals surface area (Å²) in [5.74, 6) is 0.164. The van der Waals surface area contributed by atoms with Gasteiger partial charge in [0.25, 0.3) is 0 Å². The summed E-state index contributed by atoms with van der Waals surface area (Å²) in [4.78, 5) is 1.43. The van der Waals surface area contributed by atoms with Crippen molar-refractivity contribution in [2.45, 2.75) is 29.6 Å². The molecule has 0 saturated carbocycles. The number of hydrogen-bond acceptors (Lipinski definition) is 3. The molecule has 0 aromatic carbocycles. The molecule has 1 N–H and O–H groups in total. The highest BCUT2D eigenvalue weighted by atomic mass is 32.2. The lowest BCUT2D eigenvalue weighted by Crippen LogP contribution is -2.14. The summed E-state index contributed by atoms with van der Waals surface area (Å²) >= 11 is 3.59. The second-order valence-electron chi connectivity index (χ2n) is 4.66. The summed E-state index contributed by atoms with van der Waals surface area (Å²) in [6, 6.07) is 2.07. The fourth-order valence-corrected chi connectivity index (χ4v) is 5.06. The van der Waals surface area contributed by atoms with Crippen molar-refractivity contribution in [3.05, 3.63) is 52.3 Å². The van der Waals surface area contributed by atoms with Gasteiger partial charge in [-0.3, -0.25) is 0 Å². The van der Waals surface area contributed by atoms with E-state index in [-0.39, 0.29) is 5.92 Å². The molecule has 0 fully saturated rings. The van der Waals surface area contributed by atoms with Crippen molar-refractivity contribution in [2.24, 2.45) is 5.92 Å². The summed E-state index contributed by atoms with van der Waals surface area (Å²) in [5, 5.41) is 12.7. The zero-order chi connectivity index (χ0) is 12.5. The Morgan fingerprint density at radius 1 is 1.50 bits per heavy atom. The smallest absolute Gasteiger partial charge is 0.0880 e. The van der Waals surface area contributed by atoms with Crippen LogP contribution in [0, 0.1) is 5.92 Å². The number of hydrogen-bond donors (Lipinski definition) is 1. The lowest BCUT2D eigenvalue weighted by Gasteiger charge is -2.24. The topological polar surface area (TPSA) is 20.2 Å². The van der Waals surface area contributed by atoms with Gasteiger partial charge >= 0.3 is 0 Å². The van der Waals surface area contributed by atoms with Gasteiger partial charge in [0.15, 0.2) is 0 Å². The Kier molecular flexibility index (Phi) is 3.46. The first kappa shape index (κ1) is 12.3. The van der Waals surface area contributed by atoms with E-state index in [1.54, 1.807) is 11.3 Å². The van der Waals surface area contributed by atoms with Crippen LogP contribution < -0.4 is 0 Å². The van der Waals surface area contributed by atoms with E-state index in [0.29, 0.717) is 0 Å². The van der Waals surface area contributed by atoms with Crippen LogP contribution in [-0.4, -0.2) is 5.11 Å². The minimum Gasteiger partial charge on any atom is -0.388 e. The summed E-state index contributed by atoms with van der Waals surface area (Å²) in [6.07, 6.45) is 9.01. The van der Waals surface area contributed by atoms with Crippen LogP contribution in [0.3, 0.4) is 0 Å². The lowest BCUT2D eigenvalue weighted by atomic mass is 9.85. The zero-order valence-electron chi connectivity index (χ0n) is 10.1. The average molecular weight is 276 g/mol. The predicted molar refractivity (Wildman–Crippen MR) is 78.8 cm³/mol. The number of aliphatic hydroxyl groups is 1. The van der Waals surface area contributed by atoms with Crippen molar-refractivity contribution < 1.29 is 5.11 Å². The van der Waals surface area contributed by atoms with Crippen LogP contribution in [-0.2, 0) is 0 Å². The van der Waals surface area contributed by atoms with Crippen molar-refractivity contribution in [3.8, 4) is 0 Å². The van der Waals surface area contributed by atoms with Gasteiger partial charge in [0.2, 0.25) is 0 Å². The van der Waals surface area contributed by atoms with Crippen LogP contribution in [0.1, 0.15) is 30.9 Å². The van der Waals surface area contributed by atoms with Gasteiger partial charge in [0, 0.05) is 11.5 Å². The molecule has 1 aliphatic carbocycles. The maximum absolute atomic E-state index is 10.6. The van der Waals surface area contributed by atoms with Gasteiger partial charge in [-0.15, -0.1) is 17.9 Å². The van der Waals surface area contributed by atoms with Crippen molar-refractivity contribution >= 4 is 23.1 Å². The largest absolute Gasteiger partial charge is 0.388 e. The standard InChI is InChI=1S/C15H16OS2/c1-2-5-11-10-6-3-4-7-13(10)18-15-12(14(11)16)8-9-17-15/h2-3,6,8-9,11,14,16H,1,4-5,7H2/t11-,14-/m1/s1. The Bertz CT molecular complexity index is 524. The van der Waals surface area contributed by atoms with Gasteiger partial charge in [-0.25, -0.2) is 0 Å². The van der Waals surface area contributed by atoms with E-state index in [1.165, 1.54) is 14.7 Å². The fraction of sp³-hybridized carbons (Fsp3) is 0.333. The SMILES string of the molecule is C=CC[C@@H]1C2=C(CCC=C2)Sc2sccc2[C@@H]1O. The van der Waals surface area contributed by atoms with E-state index in [1.807, 2.05) is 17.8 Å². The van der Waals surface area contributed by atoms with Crippen molar-refractivity contribution in [3.63, 3.8) is 0 Å². The number of allylic oxidation sites excluding steroid dienone is 4. The van der Waals surface area contributed by atoms with E-state index < -0.39 is 6.10 Å². The van der Waals surface area contributed by atoms with Crippen LogP contribution in [0.4, 0.5) is 0 Å². The molecule has 1 aliphatic heterocycles. The first-order valence-corrected chi connectivity index (χ1v) is 7.94. The zero-order valence-corrected chi connectivity index (χ0v) is 11.8. The molecule has 18 heavy (non-hydrogen) atoms. The average Bonchev–Trinajstić information content (AvgIpc) is 2.80. The van der Waals surface area contributed by atoms with E-state index in [2.05, 4.69) is 30.2 Å². The molecule has 1 aromatic rings. The van der Waals surface area contributed by atoms with Crippen LogP contribution in [0.25, 0.3) is 0 Å². The number of thioether (sulfide) groups is 1. The maximum Gasteiger partial charge on any atom is 0.0880 e. The highest BCUT2D eigenvalue weighted by molar-refractivity contribution is 8.04. The monoisotopic (exact) mass is 276 g/mol. The molecule has 0 unspecified atom stereocenters. The Morgan fingerprint density at radius 2 is 2.39 bits per heavy atom. The number of fused-ring (bicyclic) bond motifs is 1. The second-order valence-corrected chi connectivity index (χ2v) is 6.94. The fourth-order valence-electron chi connectivity index (χ4n) is 2.64. The molecule has 94 valence electrons. The molecule has 2 atom stereocenters. The predicted octanol–water partition coefficient (Wildman–Crippen LogP) is 4.68. The maximum atomic E-state index is 10.6. The van der Waals surface area contributed by atoms with E-state index in [0.717, 1.165) is 24.8 Å². The summed E-state index contributed by atoms with van der Waals surface area (Å²) < 4.78 is 1.26. The second kappa shape index (κ2) is 5.08. The Morgan fingerprint density at radius 3 is 3.22 bits per heavy atom. The number of rotatable bonds is 2. The molecular formula is C15H16OS2. The third-order valence-corrected chi connectivity index (χ3v) is 5.92. The van der Waals surface area contributed by atoms with Crippen LogP contribution in [0.15, 0.2) is 50.9 Å². The highest BCUT2D eigenvalue weighted by Gasteiger charge is 2.31. The van der Waals surface area contributed by atoms with E-state index in [4.69, 9.17) is 0 Å². The van der Waals surface area contributed by atoms with Gasteiger partial charge in [0.1, 0.15) is 0 Å². The summed E-state index contributed by atoms with van der Waals surface area (Å²) in [7, 11) is 0. The van der Waals surface area contributed by atoms with Gasteiger partial charge in [-0.2, -0.15) is 0 Å². The number of aliphatic hydroxyl groups excluding tert-OH is 1. The van der Waals surface area contributed by atoms with Crippen LogP contribution in [0.5, 0.6) is 0 Å². The summed E-state index contributed by atoms with van der Waals surface area (Å²) in [5.41, 5.74) is 2.42. The van der Waals surface area contributed by atoms with Crippen LogP contribution in [0.2, 0.25) is 0 Å². The van der Waals surface area contributed by atoms with Gasteiger partial charge in [0.05, 0.1) is 10.3 Å². The van der Waals surface area contributed by atoms with Crippen molar-refractivity contribution in [2.75, 3.05) is 0 Å². The first-order valence-electron chi connectivity index (χ1n) is 6.25. The molecule has 1 aromatic heterocycles. The Hall–Kier alpha value is -0.770. The Labute approximate surface area is 116 Å². The molecule has 2 heterocycles. The van der Waals surface area contributed by atoms with Gasteiger partial charge in [-0.1, -0.05) is 30.0 Å². The lowest BCUT2D eigenvalue weighted by molar-refractivity contribution is 0.127. The number of thiophene rings is 1. The van der Waals surface area contributed by atoms with E-state index >= 15 is 0 Å². The molecule has 2 aliphatic rings. The van der Waals surface area contributed by atoms with Crippen molar-refractivity contribution in [1.82, 2.24) is 0 Å². The third-order valence-electron chi connectivity index (χ3n) is 3.55. The molecule has 0 radical (unpaired) electrons. The highest BCUT2D eigenvalue weighted by Crippen LogP contribution is 2.50. The molecule has 3 heteroatoms. The van der Waals surface area contributed by atoms with Gasteiger partial charge < -0.3 is 5.11 Å². The first-order chi connectivity index (χ1) is 8.81. The third kappa shape index (κ3) is 2.00. The normalized spacial score (nSPS) is 26.5. The van der Waals surface area contributed by atoms with Gasteiger partial charge in [-0.05, 0) is 41.2 Å². The molecule has 0 bridgehead atoms. The molecular weight excluding hydrogens is 260 g/mol. The molecule has 0 spiro atoms. The van der Waals surface area contributed by atoms with E-state index in [9.17, 15) is 5.11 Å². The quantitative estimate of drug-likeness (QED) is 0.791. The molecule has 0 amide bonds. The minimum atomic E-state index is -0.396. The molecule has 3 rings (SSSR count). The molecule has 0 saturated heterocycles. The minimum absolute atomic E-state index is 0.164. The summed E-state index contributed by atoms with van der Waals surface area (Å²) in [6.45, 7) is 3.84. The Balaban J connectivity index is 2.09. The molecule has 1 nitrogen and oxygen atoms in total. The van der Waals surface area contributed by atoms with Crippen molar-refractivity contribution in [1.29, 1.82) is 0 Å².